The van der Waals surface area contributed by atoms with Crippen LogP contribution in [0.2, 0.25) is 0 Å². The molecule has 1 aromatic carbocycles. The average molecular weight is 342 g/mol. The van der Waals surface area contributed by atoms with Crippen molar-refractivity contribution in [3.8, 4) is 16.3 Å². The normalized spacial score (nSPS) is 16.9. The summed E-state index contributed by atoms with van der Waals surface area (Å²) < 4.78 is 14.9. The van der Waals surface area contributed by atoms with E-state index in [1.54, 1.807) is 28.2 Å². The Morgan fingerprint density at radius 1 is 1.29 bits per heavy atom. The summed E-state index contributed by atoms with van der Waals surface area (Å²) >= 11 is 1.61. The number of thiophene rings is 1. The van der Waals surface area contributed by atoms with E-state index in [-0.39, 0.29) is 11.9 Å². The average Bonchev–Trinajstić information content (AvgIpc) is 3.34. The standard InChI is InChI=1S/C17H15FN4OS/c18-11-3-5-12(6-4-11)22-10-14(15-8-13(9-19)23-21-15)17(20-22)16-2-1-7-24-16/h1-7,10,13H,8-9,19H2. The Bertz CT molecular complexity index is 871. The Kier molecular flexibility index (Phi) is 3.87. The Morgan fingerprint density at radius 3 is 2.79 bits per heavy atom. The van der Waals surface area contributed by atoms with Crippen molar-refractivity contribution in [2.45, 2.75) is 12.5 Å². The molecule has 0 saturated carbocycles. The molecule has 0 amide bonds. The molecule has 3 heterocycles. The van der Waals surface area contributed by atoms with Crippen molar-refractivity contribution in [3.05, 3.63) is 59.4 Å². The Morgan fingerprint density at radius 2 is 2.12 bits per heavy atom. The van der Waals surface area contributed by atoms with E-state index in [4.69, 9.17) is 10.6 Å². The van der Waals surface area contributed by atoms with Gasteiger partial charge in [0.15, 0.2) is 0 Å². The predicted molar refractivity (Wildman–Crippen MR) is 91.9 cm³/mol. The Labute approximate surface area is 142 Å². The van der Waals surface area contributed by atoms with E-state index in [9.17, 15) is 4.39 Å². The highest BCUT2D eigenvalue weighted by molar-refractivity contribution is 7.13. The molecule has 122 valence electrons. The molecule has 3 aromatic rings. The molecular weight excluding hydrogens is 327 g/mol. The van der Waals surface area contributed by atoms with Gasteiger partial charge in [-0.2, -0.15) is 5.10 Å². The second-order valence-electron chi connectivity index (χ2n) is 5.49. The highest BCUT2D eigenvalue weighted by Crippen LogP contribution is 2.30. The molecule has 1 atom stereocenters. The largest absolute Gasteiger partial charge is 0.390 e. The molecule has 7 heteroatoms. The van der Waals surface area contributed by atoms with Crippen molar-refractivity contribution in [2.75, 3.05) is 6.54 Å². The fourth-order valence-corrected chi connectivity index (χ4v) is 3.34. The summed E-state index contributed by atoms with van der Waals surface area (Å²) in [5.41, 5.74) is 9.04. The first-order valence-corrected chi connectivity index (χ1v) is 8.45. The minimum Gasteiger partial charge on any atom is -0.390 e. The van der Waals surface area contributed by atoms with Crippen LogP contribution < -0.4 is 5.73 Å². The van der Waals surface area contributed by atoms with Crippen LogP contribution in [0.5, 0.6) is 0 Å². The summed E-state index contributed by atoms with van der Waals surface area (Å²) in [6, 6.07) is 10.2. The number of rotatable bonds is 4. The molecule has 24 heavy (non-hydrogen) atoms. The number of nitrogens with two attached hydrogens (primary N) is 1. The SMILES string of the molecule is NCC1CC(c2cn(-c3ccc(F)cc3)nc2-c2cccs2)=NO1. The minimum atomic E-state index is -0.274. The number of hydrogen-bond acceptors (Lipinski definition) is 5. The Balaban J connectivity index is 1.78. The number of nitrogens with zero attached hydrogens (tertiary/aromatic N) is 3. The van der Waals surface area contributed by atoms with E-state index in [0.717, 1.165) is 27.5 Å². The minimum absolute atomic E-state index is 0.0923. The van der Waals surface area contributed by atoms with E-state index in [0.29, 0.717) is 13.0 Å². The molecule has 5 nitrogen and oxygen atoms in total. The van der Waals surface area contributed by atoms with E-state index in [1.165, 1.54) is 12.1 Å². The van der Waals surface area contributed by atoms with Gasteiger partial charge in [0.05, 0.1) is 16.3 Å². The first kappa shape index (κ1) is 15.0. The third-order valence-electron chi connectivity index (χ3n) is 3.87. The van der Waals surface area contributed by atoms with Crippen LogP contribution in [0.3, 0.4) is 0 Å². The zero-order valence-corrected chi connectivity index (χ0v) is 13.5. The van der Waals surface area contributed by atoms with Crippen LogP contribution >= 0.6 is 11.3 Å². The molecule has 0 aliphatic carbocycles. The second-order valence-corrected chi connectivity index (χ2v) is 6.44. The molecule has 0 spiro atoms. The van der Waals surface area contributed by atoms with Gasteiger partial charge in [0.25, 0.3) is 0 Å². The van der Waals surface area contributed by atoms with Crippen molar-refractivity contribution in [3.63, 3.8) is 0 Å². The number of halogens is 1. The highest BCUT2D eigenvalue weighted by atomic mass is 32.1. The first-order chi connectivity index (χ1) is 11.7. The summed E-state index contributed by atoms with van der Waals surface area (Å²) in [6.45, 7) is 0.424. The van der Waals surface area contributed by atoms with E-state index >= 15 is 0 Å². The van der Waals surface area contributed by atoms with Crippen LogP contribution in [0.4, 0.5) is 4.39 Å². The van der Waals surface area contributed by atoms with E-state index < -0.39 is 0 Å². The molecular formula is C17H15FN4OS. The zero-order valence-electron chi connectivity index (χ0n) is 12.7. The molecule has 0 radical (unpaired) electrons. The second kappa shape index (κ2) is 6.18. The van der Waals surface area contributed by atoms with Gasteiger partial charge in [0.1, 0.15) is 17.6 Å². The molecule has 1 aliphatic rings. The molecule has 0 bridgehead atoms. The molecule has 1 aliphatic heterocycles. The van der Waals surface area contributed by atoms with E-state index in [2.05, 4.69) is 10.3 Å². The van der Waals surface area contributed by atoms with Gasteiger partial charge in [-0.15, -0.1) is 11.3 Å². The van der Waals surface area contributed by atoms with Gasteiger partial charge in [-0.05, 0) is 35.7 Å². The van der Waals surface area contributed by atoms with Gasteiger partial charge in [-0.25, -0.2) is 9.07 Å². The van der Waals surface area contributed by atoms with Crippen molar-refractivity contribution in [1.82, 2.24) is 9.78 Å². The van der Waals surface area contributed by atoms with Crippen LogP contribution in [0.1, 0.15) is 12.0 Å². The lowest BCUT2D eigenvalue weighted by atomic mass is 10.1. The number of benzene rings is 1. The van der Waals surface area contributed by atoms with Crippen molar-refractivity contribution >= 4 is 17.0 Å². The zero-order chi connectivity index (χ0) is 16.5. The molecule has 1 unspecified atom stereocenters. The van der Waals surface area contributed by atoms with Gasteiger partial charge in [0, 0.05) is 24.7 Å². The summed E-state index contributed by atoms with van der Waals surface area (Å²) in [5, 5.41) is 10.9. The maximum atomic E-state index is 13.2. The maximum Gasteiger partial charge on any atom is 0.145 e. The lowest BCUT2D eigenvalue weighted by Crippen LogP contribution is -2.20. The van der Waals surface area contributed by atoms with Gasteiger partial charge >= 0.3 is 0 Å². The fourth-order valence-electron chi connectivity index (χ4n) is 2.62. The topological polar surface area (TPSA) is 65.4 Å². The van der Waals surface area contributed by atoms with Gasteiger partial charge < -0.3 is 10.6 Å². The number of oxime groups is 1. The van der Waals surface area contributed by atoms with Crippen molar-refractivity contribution < 1.29 is 9.23 Å². The smallest absolute Gasteiger partial charge is 0.145 e. The molecule has 2 N–H and O–H groups in total. The third kappa shape index (κ3) is 2.72. The van der Waals surface area contributed by atoms with Crippen LogP contribution in [0, 0.1) is 5.82 Å². The maximum absolute atomic E-state index is 13.2. The fraction of sp³-hybridized carbons (Fsp3) is 0.176. The van der Waals surface area contributed by atoms with Crippen LogP contribution in [-0.4, -0.2) is 28.1 Å². The van der Waals surface area contributed by atoms with Crippen LogP contribution in [-0.2, 0) is 4.84 Å². The summed E-state index contributed by atoms with van der Waals surface area (Å²) in [6.07, 6.45) is 2.47. The molecule has 4 rings (SSSR count). The lowest BCUT2D eigenvalue weighted by molar-refractivity contribution is 0.0918. The highest BCUT2D eigenvalue weighted by Gasteiger charge is 2.25. The quantitative estimate of drug-likeness (QED) is 0.792. The van der Waals surface area contributed by atoms with Crippen molar-refractivity contribution in [1.29, 1.82) is 0 Å². The van der Waals surface area contributed by atoms with Gasteiger partial charge in [0.2, 0.25) is 0 Å². The molecule has 2 aromatic heterocycles. The summed E-state index contributed by atoms with van der Waals surface area (Å²) in [4.78, 5) is 6.40. The third-order valence-corrected chi connectivity index (χ3v) is 4.74. The summed E-state index contributed by atoms with van der Waals surface area (Å²) in [5.74, 6) is -0.274. The Hall–Kier alpha value is -2.51. The molecule has 0 saturated heterocycles. The van der Waals surface area contributed by atoms with E-state index in [1.807, 2.05) is 23.7 Å². The van der Waals surface area contributed by atoms with Crippen LogP contribution in [0.15, 0.2) is 53.1 Å². The monoisotopic (exact) mass is 342 g/mol. The van der Waals surface area contributed by atoms with Gasteiger partial charge in [-0.3, -0.25) is 0 Å². The molecule has 0 fully saturated rings. The van der Waals surface area contributed by atoms with Crippen LogP contribution in [0.25, 0.3) is 16.3 Å². The van der Waals surface area contributed by atoms with Gasteiger partial charge in [-0.1, -0.05) is 11.2 Å². The number of aromatic nitrogens is 2. The lowest BCUT2D eigenvalue weighted by Gasteiger charge is -2.01. The predicted octanol–water partition coefficient (Wildman–Crippen LogP) is 3.19. The first-order valence-electron chi connectivity index (χ1n) is 7.57. The number of hydrogen-bond donors (Lipinski definition) is 1. The van der Waals surface area contributed by atoms with Crippen molar-refractivity contribution in [2.24, 2.45) is 10.9 Å². The summed E-state index contributed by atoms with van der Waals surface area (Å²) in [7, 11) is 0.